The van der Waals surface area contributed by atoms with E-state index in [1.54, 1.807) is 30.3 Å². The van der Waals surface area contributed by atoms with Crippen LogP contribution < -0.4 is 24.4 Å². The summed E-state index contributed by atoms with van der Waals surface area (Å²) in [6.07, 6.45) is 1.25. The number of hydrogen-bond donors (Lipinski definition) is 1. The molecule has 0 aliphatic carbocycles. The van der Waals surface area contributed by atoms with Crippen molar-refractivity contribution in [1.29, 1.82) is 0 Å². The number of carbonyl (C=O) groups is 1. The van der Waals surface area contributed by atoms with E-state index in [0.717, 1.165) is 17.1 Å². The molecule has 3 aromatic rings. The van der Waals surface area contributed by atoms with Crippen LogP contribution in [0, 0.1) is 0 Å². The molecule has 0 unspecified atom stereocenters. The molecule has 0 fully saturated rings. The minimum absolute atomic E-state index is 0.105. The molecule has 0 bridgehead atoms. The first-order valence-corrected chi connectivity index (χ1v) is 8.83. The second kappa shape index (κ2) is 6.45. The Kier molecular flexibility index (Phi) is 3.79. The molecule has 5 rings (SSSR count). The molecule has 1 atom stereocenters. The Labute approximate surface area is 161 Å². The van der Waals surface area contributed by atoms with Gasteiger partial charge in [0.05, 0.1) is 18.4 Å². The van der Waals surface area contributed by atoms with Crippen molar-refractivity contribution in [3.8, 4) is 17.2 Å². The molecule has 28 heavy (non-hydrogen) atoms. The van der Waals surface area contributed by atoms with Crippen molar-refractivity contribution in [3.63, 3.8) is 0 Å². The maximum atomic E-state index is 13.1. The fourth-order valence-electron chi connectivity index (χ4n) is 3.47. The van der Waals surface area contributed by atoms with E-state index >= 15 is 0 Å². The van der Waals surface area contributed by atoms with Gasteiger partial charge in [0, 0.05) is 23.6 Å². The lowest BCUT2D eigenvalue weighted by Crippen LogP contribution is -2.32. The van der Waals surface area contributed by atoms with E-state index < -0.39 is 6.17 Å². The average molecular weight is 375 g/mol. The molecule has 0 saturated heterocycles. The Morgan fingerprint density at radius 1 is 1.11 bits per heavy atom. The smallest absolute Gasteiger partial charge is 0.262 e. The van der Waals surface area contributed by atoms with Crippen LogP contribution >= 0.6 is 0 Å². The van der Waals surface area contributed by atoms with Gasteiger partial charge in [0.1, 0.15) is 5.75 Å². The average Bonchev–Trinajstić information content (AvgIpc) is 3.31. The number of ether oxygens (including phenoxy) is 3. The normalized spacial score (nSPS) is 16.8. The lowest BCUT2D eigenvalue weighted by molar-refractivity contribution is 0.0993. The summed E-state index contributed by atoms with van der Waals surface area (Å²) in [6, 6.07) is 16.5. The van der Waals surface area contributed by atoms with E-state index in [2.05, 4.69) is 10.3 Å². The summed E-state index contributed by atoms with van der Waals surface area (Å²) in [5, 5.41) is 3.41. The number of benzene rings is 2. The van der Waals surface area contributed by atoms with Crippen molar-refractivity contribution in [2.45, 2.75) is 6.17 Å². The maximum Gasteiger partial charge on any atom is 0.262 e. The van der Waals surface area contributed by atoms with E-state index in [1.807, 2.05) is 42.5 Å². The first-order chi connectivity index (χ1) is 13.7. The lowest BCUT2D eigenvalue weighted by Gasteiger charge is -2.26. The second-order valence-electron chi connectivity index (χ2n) is 6.42. The van der Waals surface area contributed by atoms with E-state index in [0.29, 0.717) is 22.8 Å². The molecular weight excluding hydrogens is 358 g/mol. The standard InChI is InChI=1S/C21H17N3O4/c1-26-15-7-5-14(6-8-15)24-20(19-16(21(24)25)3-2-10-22-19)23-13-4-9-17-18(11-13)28-12-27-17/h2-11,20,23H,12H2,1H3/t20-/m0/s1. The molecule has 0 saturated carbocycles. The maximum absolute atomic E-state index is 13.1. The highest BCUT2D eigenvalue weighted by Gasteiger charge is 2.39. The molecule has 1 amide bonds. The summed E-state index contributed by atoms with van der Waals surface area (Å²) in [5.41, 5.74) is 2.82. The number of carbonyl (C=O) groups excluding carboxylic acids is 1. The molecule has 140 valence electrons. The van der Waals surface area contributed by atoms with Gasteiger partial charge in [-0.25, -0.2) is 0 Å². The van der Waals surface area contributed by atoms with Gasteiger partial charge in [-0.2, -0.15) is 0 Å². The van der Waals surface area contributed by atoms with Crippen LogP contribution in [0.2, 0.25) is 0 Å². The third-order valence-electron chi connectivity index (χ3n) is 4.83. The Morgan fingerprint density at radius 2 is 1.93 bits per heavy atom. The molecule has 1 N–H and O–H groups in total. The van der Waals surface area contributed by atoms with E-state index in [4.69, 9.17) is 14.2 Å². The zero-order chi connectivity index (χ0) is 19.1. The van der Waals surface area contributed by atoms with Crippen molar-refractivity contribution < 1.29 is 19.0 Å². The van der Waals surface area contributed by atoms with Crippen molar-refractivity contribution >= 4 is 17.3 Å². The van der Waals surface area contributed by atoms with Gasteiger partial charge in [0.25, 0.3) is 5.91 Å². The van der Waals surface area contributed by atoms with Crippen molar-refractivity contribution in [1.82, 2.24) is 4.98 Å². The molecule has 0 radical (unpaired) electrons. The van der Waals surface area contributed by atoms with Crippen molar-refractivity contribution in [2.24, 2.45) is 0 Å². The number of nitrogens with one attached hydrogen (secondary N) is 1. The van der Waals surface area contributed by atoms with Gasteiger partial charge in [-0.1, -0.05) is 0 Å². The number of nitrogens with zero attached hydrogens (tertiary/aromatic N) is 2. The number of fused-ring (bicyclic) bond motifs is 2. The zero-order valence-corrected chi connectivity index (χ0v) is 15.1. The first kappa shape index (κ1) is 16.4. The predicted octanol–water partition coefficient (Wildman–Crippen LogP) is 3.59. The molecule has 2 aromatic carbocycles. The molecule has 7 heteroatoms. The van der Waals surface area contributed by atoms with Crippen LogP contribution in [0.25, 0.3) is 0 Å². The largest absolute Gasteiger partial charge is 0.497 e. The number of methoxy groups -OCH3 is 1. The minimum Gasteiger partial charge on any atom is -0.497 e. The van der Waals surface area contributed by atoms with E-state index in [9.17, 15) is 4.79 Å². The predicted molar refractivity (Wildman–Crippen MR) is 103 cm³/mol. The summed E-state index contributed by atoms with van der Waals surface area (Å²) in [7, 11) is 1.61. The highest BCUT2D eigenvalue weighted by atomic mass is 16.7. The van der Waals surface area contributed by atoms with Gasteiger partial charge in [-0.3, -0.25) is 14.7 Å². The van der Waals surface area contributed by atoms with Gasteiger partial charge >= 0.3 is 0 Å². The van der Waals surface area contributed by atoms with Crippen LogP contribution in [-0.2, 0) is 0 Å². The molecule has 1 aromatic heterocycles. The number of aromatic nitrogens is 1. The van der Waals surface area contributed by atoms with Gasteiger partial charge in [-0.05, 0) is 48.5 Å². The van der Waals surface area contributed by atoms with E-state index in [1.165, 1.54) is 0 Å². The molecule has 2 aliphatic rings. The Hall–Kier alpha value is -3.74. The molecule has 2 aliphatic heterocycles. The van der Waals surface area contributed by atoms with Crippen LogP contribution in [0.5, 0.6) is 17.2 Å². The minimum atomic E-state index is -0.447. The fourth-order valence-corrected chi connectivity index (χ4v) is 3.47. The molecule has 3 heterocycles. The van der Waals surface area contributed by atoms with Crippen LogP contribution in [0.1, 0.15) is 22.2 Å². The van der Waals surface area contributed by atoms with Crippen LogP contribution in [0.15, 0.2) is 60.8 Å². The highest BCUT2D eigenvalue weighted by Crippen LogP contribution is 2.39. The summed E-state index contributed by atoms with van der Waals surface area (Å²) < 4.78 is 16.1. The molecule has 7 nitrogen and oxygen atoms in total. The quantitative estimate of drug-likeness (QED) is 0.751. The zero-order valence-electron chi connectivity index (χ0n) is 15.1. The summed E-state index contributed by atoms with van der Waals surface area (Å²) in [6.45, 7) is 0.211. The number of anilines is 2. The monoisotopic (exact) mass is 375 g/mol. The highest BCUT2D eigenvalue weighted by molar-refractivity contribution is 6.11. The van der Waals surface area contributed by atoms with Crippen LogP contribution in [-0.4, -0.2) is 24.8 Å². The third kappa shape index (κ3) is 2.60. The lowest BCUT2D eigenvalue weighted by atomic mass is 10.2. The van der Waals surface area contributed by atoms with Crippen LogP contribution in [0.4, 0.5) is 11.4 Å². The number of rotatable bonds is 4. The molecule has 0 spiro atoms. The Morgan fingerprint density at radius 3 is 2.75 bits per heavy atom. The summed E-state index contributed by atoms with van der Waals surface area (Å²) in [5.74, 6) is 2.00. The number of hydrogen-bond acceptors (Lipinski definition) is 6. The Bertz CT molecular complexity index is 1050. The van der Waals surface area contributed by atoms with Gasteiger partial charge < -0.3 is 19.5 Å². The fraction of sp³-hybridized carbons (Fsp3) is 0.143. The Balaban J connectivity index is 1.54. The third-order valence-corrected chi connectivity index (χ3v) is 4.83. The first-order valence-electron chi connectivity index (χ1n) is 8.83. The van der Waals surface area contributed by atoms with Crippen molar-refractivity contribution in [3.05, 3.63) is 72.1 Å². The SMILES string of the molecule is COc1ccc(N2C(=O)c3cccnc3[C@H]2Nc2ccc3c(c2)OCO3)cc1. The second-order valence-corrected chi connectivity index (χ2v) is 6.42. The van der Waals surface area contributed by atoms with Gasteiger partial charge in [0.15, 0.2) is 17.7 Å². The summed E-state index contributed by atoms with van der Waals surface area (Å²) >= 11 is 0. The molecular formula is C21H17N3O4. The number of pyridine rings is 1. The van der Waals surface area contributed by atoms with E-state index in [-0.39, 0.29) is 12.7 Å². The number of amides is 1. The van der Waals surface area contributed by atoms with Gasteiger partial charge in [-0.15, -0.1) is 0 Å². The topological polar surface area (TPSA) is 72.9 Å². The van der Waals surface area contributed by atoms with Crippen LogP contribution in [0.3, 0.4) is 0 Å². The van der Waals surface area contributed by atoms with Crippen molar-refractivity contribution in [2.75, 3.05) is 24.1 Å². The van der Waals surface area contributed by atoms with Gasteiger partial charge in [0.2, 0.25) is 6.79 Å². The summed E-state index contributed by atoms with van der Waals surface area (Å²) in [4.78, 5) is 19.3.